The second-order valence-electron chi connectivity index (χ2n) is 4.87. The third-order valence-electron chi connectivity index (χ3n) is 3.62. The van der Waals surface area contributed by atoms with E-state index in [9.17, 15) is 9.18 Å². The molecule has 4 heteroatoms. The summed E-state index contributed by atoms with van der Waals surface area (Å²) in [5.74, 6) is -0.158. The molecular formula is C14H16BrFO2. The van der Waals surface area contributed by atoms with E-state index in [0.29, 0.717) is 17.3 Å². The summed E-state index contributed by atoms with van der Waals surface area (Å²) in [5.41, 5.74) is 0.593. The van der Waals surface area contributed by atoms with Crippen molar-refractivity contribution in [3.05, 3.63) is 34.1 Å². The second-order valence-corrected chi connectivity index (χ2v) is 5.72. The van der Waals surface area contributed by atoms with E-state index in [1.165, 1.54) is 12.1 Å². The predicted molar refractivity (Wildman–Crippen MR) is 71.0 cm³/mol. The molecule has 18 heavy (non-hydrogen) atoms. The molecule has 1 fully saturated rings. The van der Waals surface area contributed by atoms with Gasteiger partial charge in [0.1, 0.15) is 11.6 Å². The van der Waals surface area contributed by atoms with Crippen LogP contribution in [0.3, 0.4) is 0 Å². The molecule has 0 heterocycles. The maximum absolute atomic E-state index is 12.9. The van der Waals surface area contributed by atoms with Gasteiger partial charge in [0.05, 0.1) is 5.60 Å². The zero-order valence-corrected chi connectivity index (χ0v) is 11.9. The minimum absolute atomic E-state index is 0.142. The molecular weight excluding hydrogens is 299 g/mol. The summed E-state index contributed by atoms with van der Waals surface area (Å²) >= 11 is 3.28. The zero-order valence-electron chi connectivity index (χ0n) is 10.3. The molecule has 0 aromatic heterocycles. The fraction of sp³-hybridized carbons (Fsp3) is 0.500. The molecule has 0 bridgehead atoms. The van der Waals surface area contributed by atoms with Gasteiger partial charge < -0.3 is 4.74 Å². The molecule has 0 radical (unpaired) electrons. The van der Waals surface area contributed by atoms with Gasteiger partial charge in [-0.2, -0.15) is 0 Å². The number of hydrogen-bond donors (Lipinski definition) is 0. The van der Waals surface area contributed by atoms with Crippen molar-refractivity contribution in [2.75, 3.05) is 7.11 Å². The highest BCUT2D eigenvalue weighted by molar-refractivity contribution is 9.10. The molecule has 0 unspecified atom stereocenters. The molecule has 1 saturated carbocycles. The van der Waals surface area contributed by atoms with Gasteiger partial charge in [0.2, 0.25) is 0 Å². The molecule has 2 rings (SSSR count). The van der Waals surface area contributed by atoms with E-state index in [0.717, 1.165) is 24.8 Å². The molecule has 0 aliphatic heterocycles. The molecule has 98 valence electrons. The van der Waals surface area contributed by atoms with Gasteiger partial charge in [0, 0.05) is 24.4 Å². The predicted octanol–water partition coefficient (Wildman–Crippen LogP) is 3.66. The van der Waals surface area contributed by atoms with E-state index < -0.39 is 0 Å². The van der Waals surface area contributed by atoms with Gasteiger partial charge in [-0.25, -0.2) is 4.39 Å². The number of halogens is 2. The number of benzene rings is 1. The molecule has 0 spiro atoms. The van der Waals surface area contributed by atoms with Crippen LogP contribution in [-0.4, -0.2) is 18.5 Å². The quantitative estimate of drug-likeness (QED) is 0.829. The average Bonchev–Trinajstić information content (AvgIpc) is 2.27. The largest absolute Gasteiger partial charge is 0.378 e. The van der Waals surface area contributed by atoms with Crippen LogP contribution in [0.1, 0.15) is 31.2 Å². The highest BCUT2D eigenvalue weighted by atomic mass is 79.9. The maximum Gasteiger partial charge on any atom is 0.140 e. The number of rotatable bonds is 5. The van der Waals surface area contributed by atoms with Crippen molar-refractivity contribution >= 4 is 21.7 Å². The fourth-order valence-corrected chi connectivity index (χ4v) is 2.81. The number of carbonyl (C=O) groups is 1. The third kappa shape index (κ3) is 2.98. The van der Waals surface area contributed by atoms with E-state index >= 15 is 0 Å². The Hall–Kier alpha value is -0.740. The summed E-state index contributed by atoms with van der Waals surface area (Å²) in [7, 11) is 1.67. The van der Waals surface area contributed by atoms with Crippen LogP contribution in [-0.2, 0) is 16.0 Å². The van der Waals surface area contributed by atoms with Crippen LogP contribution in [0.15, 0.2) is 22.7 Å². The van der Waals surface area contributed by atoms with E-state index in [1.807, 2.05) is 0 Å². The topological polar surface area (TPSA) is 26.3 Å². The van der Waals surface area contributed by atoms with Crippen molar-refractivity contribution in [1.82, 2.24) is 0 Å². The number of ketones is 1. The molecule has 1 aliphatic rings. The lowest BCUT2D eigenvalue weighted by atomic mass is 9.76. The minimum Gasteiger partial charge on any atom is -0.378 e. The highest BCUT2D eigenvalue weighted by Crippen LogP contribution is 2.38. The molecule has 0 saturated heterocycles. The van der Waals surface area contributed by atoms with Crippen molar-refractivity contribution < 1.29 is 13.9 Å². The highest BCUT2D eigenvalue weighted by Gasteiger charge is 2.38. The zero-order chi connectivity index (χ0) is 13.2. The molecule has 0 atom stereocenters. The smallest absolute Gasteiger partial charge is 0.140 e. The van der Waals surface area contributed by atoms with Crippen molar-refractivity contribution in [3.63, 3.8) is 0 Å². The Bertz CT molecular complexity index is 450. The van der Waals surface area contributed by atoms with Crippen molar-refractivity contribution in [3.8, 4) is 0 Å². The van der Waals surface area contributed by atoms with Crippen molar-refractivity contribution in [2.24, 2.45) is 0 Å². The first-order valence-electron chi connectivity index (χ1n) is 6.05. The van der Waals surface area contributed by atoms with Crippen LogP contribution in [0.5, 0.6) is 0 Å². The number of hydrogen-bond acceptors (Lipinski definition) is 2. The lowest BCUT2D eigenvalue weighted by Crippen LogP contribution is -2.41. The number of Topliss-reactive ketones (excluding diaryl/α,β-unsaturated/α-hetero) is 1. The molecule has 0 N–H and O–H groups in total. The van der Waals surface area contributed by atoms with Crippen LogP contribution >= 0.6 is 15.9 Å². The molecule has 1 aliphatic carbocycles. The molecule has 0 amide bonds. The monoisotopic (exact) mass is 314 g/mol. The summed E-state index contributed by atoms with van der Waals surface area (Å²) < 4.78 is 19.0. The summed E-state index contributed by atoms with van der Waals surface area (Å²) in [6.07, 6.45) is 3.82. The van der Waals surface area contributed by atoms with Gasteiger partial charge in [-0.3, -0.25) is 4.79 Å². The van der Waals surface area contributed by atoms with Gasteiger partial charge in [-0.1, -0.05) is 22.0 Å². The second kappa shape index (κ2) is 5.49. The van der Waals surface area contributed by atoms with E-state index in [2.05, 4.69) is 15.9 Å². The Morgan fingerprint density at radius 3 is 2.72 bits per heavy atom. The van der Waals surface area contributed by atoms with Gasteiger partial charge in [-0.15, -0.1) is 0 Å². The first kappa shape index (κ1) is 13.7. The first-order chi connectivity index (χ1) is 8.54. The summed E-state index contributed by atoms with van der Waals surface area (Å²) in [6.45, 7) is 0. The van der Waals surface area contributed by atoms with Gasteiger partial charge in [0.25, 0.3) is 0 Å². The Morgan fingerprint density at radius 2 is 2.22 bits per heavy atom. The molecule has 1 aromatic rings. The standard InChI is InChI=1S/C14H16BrFO2/c1-18-14(5-2-6-14)9-12(17)7-10-3-4-11(16)8-13(10)15/h3-4,8H,2,5-7,9H2,1H3. The minimum atomic E-state index is -0.301. The Morgan fingerprint density at radius 1 is 1.50 bits per heavy atom. The summed E-state index contributed by atoms with van der Waals surface area (Å²) in [5, 5.41) is 0. The molecule has 2 nitrogen and oxygen atoms in total. The van der Waals surface area contributed by atoms with Gasteiger partial charge in [-0.05, 0) is 37.0 Å². The van der Waals surface area contributed by atoms with Crippen LogP contribution in [0.4, 0.5) is 4.39 Å². The average molecular weight is 315 g/mol. The number of carbonyl (C=O) groups excluding carboxylic acids is 1. The lowest BCUT2D eigenvalue weighted by Gasteiger charge is -2.40. The van der Waals surface area contributed by atoms with Crippen LogP contribution in [0.2, 0.25) is 0 Å². The number of ether oxygens (including phenoxy) is 1. The third-order valence-corrected chi connectivity index (χ3v) is 4.36. The first-order valence-corrected chi connectivity index (χ1v) is 6.85. The normalized spacial score (nSPS) is 17.3. The van der Waals surface area contributed by atoms with Crippen LogP contribution < -0.4 is 0 Å². The van der Waals surface area contributed by atoms with Crippen LogP contribution in [0, 0.1) is 5.82 Å². The Balaban J connectivity index is 1.98. The van der Waals surface area contributed by atoms with Gasteiger partial charge in [0.15, 0.2) is 0 Å². The van der Waals surface area contributed by atoms with E-state index in [1.54, 1.807) is 13.2 Å². The van der Waals surface area contributed by atoms with E-state index in [-0.39, 0.29) is 17.2 Å². The summed E-state index contributed by atoms with van der Waals surface area (Å²) in [4.78, 5) is 12.0. The lowest BCUT2D eigenvalue weighted by molar-refractivity contribution is -0.131. The Labute approximate surface area is 115 Å². The molecule has 1 aromatic carbocycles. The summed E-state index contributed by atoms with van der Waals surface area (Å²) in [6, 6.07) is 4.42. The van der Waals surface area contributed by atoms with Gasteiger partial charge >= 0.3 is 0 Å². The van der Waals surface area contributed by atoms with Crippen molar-refractivity contribution in [2.45, 2.75) is 37.7 Å². The number of methoxy groups -OCH3 is 1. The van der Waals surface area contributed by atoms with Crippen molar-refractivity contribution in [1.29, 1.82) is 0 Å². The maximum atomic E-state index is 12.9. The van der Waals surface area contributed by atoms with Crippen LogP contribution in [0.25, 0.3) is 0 Å². The van der Waals surface area contributed by atoms with E-state index in [4.69, 9.17) is 4.74 Å². The SMILES string of the molecule is COC1(CC(=O)Cc2ccc(F)cc2Br)CCC1. The fourth-order valence-electron chi connectivity index (χ4n) is 2.32. The Kier molecular flexibility index (Phi) is 4.17.